The van der Waals surface area contributed by atoms with Gasteiger partial charge in [0, 0.05) is 35.7 Å². The minimum Gasteiger partial charge on any atom is -0.504 e. The number of phenols is 1. The number of unbranched alkanes of at least 4 members (excludes halogenated alkanes) is 2. The van der Waals surface area contributed by atoms with Crippen LogP contribution in [0, 0.1) is 5.92 Å². The van der Waals surface area contributed by atoms with Crippen molar-refractivity contribution in [2.45, 2.75) is 95.2 Å². The topological polar surface area (TPSA) is 122 Å². The molecule has 8 rings (SSSR count). The number of aliphatic hydroxyl groups is 1. The third-order valence-corrected chi connectivity index (χ3v) is 11.6. The molecule has 0 spiro atoms. The molecule has 0 amide bonds. The number of carbonyl (C=O) groups is 1. The Kier molecular flexibility index (Phi) is 8.14. The molecule has 5 atom stereocenters. The number of ether oxygens (including phenoxy) is 1. The maximum absolute atomic E-state index is 12.5. The van der Waals surface area contributed by atoms with Crippen molar-refractivity contribution < 1.29 is 24.6 Å². The number of hydrogen-bond acceptors (Lipinski definition) is 7. The molecule has 3 aliphatic carbocycles. The summed E-state index contributed by atoms with van der Waals surface area (Å²) in [6.07, 6.45) is 15.3. The summed E-state index contributed by atoms with van der Waals surface area (Å²) in [5.74, 6) is 1.02. The summed E-state index contributed by atoms with van der Waals surface area (Å²) in [4.78, 5) is 18.6. The van der Waals surface area contributed by atoms with Crippen LogP contribution in [0.15, 0.2) is 82.3 Å². The Morgan fingerprint density at radius 3 is 3.02 bits per heavy atom. The summed E-state index contributed by atoms with van der Waals surface area (Å²) in [5, 5.41) is 24.4. The summed E-state index contributed by atoms with van der Waals surface area (Å²) in [5.41, 5.74) is 19.3. The molecule has 0 saturated heterocycles. The number of rotatable bonds is 13. The highest BCUT2D eigenvalue weighted by Crippen LogP contribution is 2.64. The fourth-order valence-electron chi connectivity index (χ4n) is 9.36. The Morgan fingerprint density at radius 1 is 1.25 bits per heavy atom. The van der Waals surface area contributed by atoms with Crippen LogP contribution in [0.5, 0.6) is 11.5 Å². The molecule has 6 N–H and O–H groups in total. The third-order valence-electron chi connectivity index (χ3n) is 11.6. The predicted molar refractivity (Wildman–Crippen MR) is 186 cm³/mol. The van der Waals surface area contributed by atoms with E-state index in [1.807, 2.05) is 12.1 Å². The Labute approximate surface area is 282 Å². The fraction of sp³-hybridized carbons (Fsp3) is 0.450. The van der Waals surface area contributed by atoms with E-state index in [0.717, 1.165) is 54.8 Å². The first-order valence-corrected chi connectivity index (χ1v) is 18.0. The smallest absolute Gasteiger partial charge is 0.227 e. The molecule has 48 heavy (non-hydrogen) atoms. The summed E-state index contributed by atoms with van der Waals surface area (Å²) in [7, 11) is 0. The van der Waals surface area contributed by atoms with Crippen LogP contribution in [0.3, 0.4) is 0 Å². The van der Waals surface area contributed by atoms with Crippen LogP contribution in [0.25, 0.3) is 5.57 Å². The van der Waals surface area contributed by atoms with Crippen LogP contribution in [0.2, 0.25) is 0 Å². The second kappa shape index (κ2) is 12.5. The van der Waals surface area contributed by atoms with E-state index >= 15 is 0 Å². The van der Waals surface area contributed by atoms with Gasteiger partial charge < -0.3 is 26.0 Å². The SMILES string of the molecule is CCCCCC(O)CC(=O)CCc1ccc(O)c(OC[NH+]2C=C3C(C45CCCC4C4=C6C(=CC4)NC(N)c4cccc5c46)=CN=C3C2)c1. The monoisotopic (exact) mass is 647 g/mol. The van der Waals surface area contributed by atoms with E-state index in [9.17, 15) is 15.0 Å². The molecule has 6 aliphatic rings. The molecule has 8 nitrogen and oxygen atoms in total. The van der Waals surface area contributed by atoms with Gasteiger partial charge in [-0.25, -0.2) is 0 Å². The molecule has 5 unspecified atom stereocenters. The first-order chi connectivity index (χ1) is 23.4. The molecule has 1 saturated carbocycles. The number of Topliss-reactive ketones (excluding diaryl/α,β-unsaturated/α-hetero) is 1. The van der Waals surface area contributed by atoms with Gasteiger partial charge in [0.05, 0.1) is 11.7 Å². The number of benzene rings is 2. The number of fused-ring (bicyclic) bond motifs is 4. The van der Waals surface area contributed by atoms with Gasteiger partial charge in [-0.1, -0.05) is 68.5 Å². The van der Waals surface area contributed by atoms with Crippen molar-refractivity contribution in [2.24, 2.45) is 16.6 Å². The molecule has 3 aliphatic heterocycles. The molecular weight excluding hydrogens is 600 g/mol. The largest absolute Gasteiger partial charge is 0.504 e. The van der Waals surface area contributed by atoms with Crippen molar-refractivity contribution in [3.05, 3.63) is 99.5 Å². The average molecular weight is 648 g/mol. The first kappa shape index (κ1) is 31.3. The van der Waals surface area contributed by atoms with Crippen LogP contribution in [-0.4, -0.2) is 41.1 Å². The molecule has 1 fully saturated rings. The molecule has 250 valence electrons. The average Bonchev–Trinajstić information content (AvgIpc) is 3.87. The quantitative estimate of drug-likeness (QED) is 0.195. The van der Waals surface area contributed by atoms with Gasteiger partial charge in [-0.2, -0.15) is 0 Å². The maximum atomic E-state index is 12.5. The number of hydrogen-bond donors (Lipinski definition) is 5. The Hall–Kier alpha value is -3.98. The normalized spacial score (nSPS) is 26.6. The number of aromatic hydroxyl groups is 1. The van der Waals surface area contributed by atoms with E-state index in [1.165, 1.54) is 51.9 Å². The van der Waals surface area contributed by atoms with Gasteiger partial charge in [0.25, 0.3) is 0 Å². The van der Waals surface area contributed by atoms with Crippen LogP contribution in [0.1, 0.15) is 99.6 Å². The first-order valence-electron chi connectivity index (χ1n) is 18.0. The van der Waals surface area contributed by atoms with Gasteiger partial charge in [-0.15, -0.1) is 0 Å². The molecule has 3 heterocycles. The molecule has 0 radical (unpaired) electrons. The molecule has 0 aromatic heterocycles. The van der Waals surface area contributed by atoms with E-state index in [4.69, 9.17) is 15.5 Å². The highest BCUT2D eigenvalue weighted by Gasteiger charge is 2.57. The van der Waals surface area contributed by atoms with E-state index in [2.05, 4.69) is 48.9 Å². The second-order valence-electron chi connectivity index (χ2n) is 14.5. The number of carbonyl (C=O) groups excluding carboxylic acids is 1. The molecule has 2 aromatic carbocycles. The number of quaternary nitrogens is 1. The Bertz CT molecular complexity index is 1820. The number of nitrogens with zero attached hydrogens (tertiary/aromatic N) is 1. The minimum absolute atomic E-state index is 0.0634. The number of allylic oxidation sites excluding steroid dienone is 4. The van der Waals surface area contributed by atoms with Crippen molar-refractivity contribution in [3.63, 3.8) is 0 Å². The molecule has 0 bridgehead atoms. The van der Waals surface area contributed by atoms with Crippen LogP contribution >= 0.6 is 0 Å². The van der Waals surface area contributed by atoms with E-state index < -0.39 is 6.10 Å². The summed E-state index contributed by atoms with van der Waals surface area (Å²) < 4.78 is 6.21. The number of aliphatic hydroxyl groups excluding tert-OH is 1. The minimum atomic E-state index is -0.562. The van der Waals surface area contributed by atoms with Gasteiger partial charge in [-0.05, 0) is 78.0 Å². The zero-order valence-corrected chi connectivity index (χ0v) is 27.9. The van der Waals surface area contributed by atoms with Crippen molar-refractivity contribution in [1.82, 2.24) is 5.32 Å². The number of phenolic OH excluding ortho intramolecular Hbond substituents is 1. The fourth-order valence-corrected chi connectivity index (χ4v) is 9.36. The third kappa shape index (κ3) is 5.16. The number of ketones is 1. The van der Waals surface area contributed by atoms with Gasteiger partial charge >= 0.3 is 0 Å². The van der Waals surface area contributed by atoms with Crippen LogP contribution in [0.4, 0.5) is 0 Å². The number of aryl methyl sites for hydroxylation is 1. The van der Waals surface area contributed by atoms with Crippen molar-refractivity contribution >= 4 is 17.1 Å². The van der Waals surface area contributed by atoms with E-state index in [-0.39, 0.29) is 29.5 Å². The summed E-state index contributed by atoms with van der Waals surface area (Å²) in [6, 6.07) is 12.0. The zero-order valence-electron chi connectivity index (χ0n) is 27.9. The lowest BCUT2D eigenvalue weighted by Crippen LogP contribution is -3.07. The lowest BCUT2D eigenvalue weighted by molar-refractivity contribution is -0.851. The maximum Gasteiger partial charge on any atom is 0.227 e. The second-order valence-corrected chi connectivity index (χ2v) is 14.5. The summed E-state index contributed by atoms with van der Waals surface area (Å²) >= 11 is 0. The van der Waals surface area contributed by atoms with Crippen LogP contribution in [-0.2, 0) is 16.6 Å². The highest BCUT2D eigenvalue weighted by molar-refractivity contribution is 6.09. The van der Waals surface area contributed by atoms with Crippen molar-refractivity contribution in [3.8, 4) is 11.5 Å². The molecular formula is C40H47N4O4+. The summed E-state index contributed by atoms with van der Waals surface area (Å²) in [6.45, 7) is 3.21. The lowest BCUT2D eigenvalue weighted by Gasteiger charge is -2.46. The Morgan fingerprint density at radius 2 is 2.15 bits per heavy atom. The van der Waals surface area contributed by atoms with E-state index in [1.54, 1.807) is 11.6 Å². The van der Waals surface area contributed by atoms with Gasteiger partial charge in [0.15, 0.2) is 11.5 Å². The number of nitrogens with one attached hydrogen (secondary N) is 2. The van der Waals surface area contributed by atoms with Gasteiger partial charge in [-0.3, -0.25) is 14.7 Å². The van der Waals surface area contributed by atoms with E-state index in [0.29, 0.717) is 37.7 Å². The van der Waals surface area contributed by atoms with Crippen molar-refractivity contribution in [1.29, 1.82) is 0 Å². The standard InChI is InChI=1S/C40H46N4O4/c1-2-3-4-7-25(45)19-26(46)13-11-24-12-16-35(47)36(18-24)48-23-44-21-29-32(20-42-34(29)22-44)40-17-6-10-30(40)27-14-15-33-38(27)37-28(39(41)43-33)8-5-9-31(37)40/h5,8-9,12,15-16,18,20-21,25,30,39,43,45,47H,2-4,6-7,10-11,13-14,17,19,22-23,41H2,1H3/p+1. The van der Waals surface area contributed by atoms with Gasteiger partial charge in [0.1, 0.15) is 30.4 Å². The van der Waals surface area contributed by atoms with Crippen molar-refractivity contribution in [2.75, 3.05) is 13.3 Å². The number of nitrogens with two attached hydrogens (primary N) is 1. The van der Waals surface area contributed by atoms with Crippen LogP contribution < -0.4 is 20.7 Å². The molecule has 8 heteroatoms. The predicted octanol–water partition coefficient (Wildman–Crippen LogP) is 5.04. The lowest BCUT2D eigenvalue weighted by atomic mass is 9.57. The number of aliphatic imine (C=N–C) groups is 1. The highest BCUT2D eigenvalue weighted by atomic mass is 16.5. The Balaban J connectivity index is 0.972. The zero-order chi connectivity index (χ0) is 33.0. The van der Waals surface area contributed by atoms with Gasteiger partial charge in [0.2, 0.25) is 6.73 Å². The molecule has 2 aromatic rings.